The van der Waals surface area contributed by atoms with E-state index in [1.54, 1.807) is 18.4 Å². The molecule has 0 N–H and O–H groups in total. The summed E-state index contributed by atoms with van der Waals surface area (Å²) in [6.45, 7) is 0.966. The van der Waals surface area contributed by atoms with Gasteiger partial charge in [0.2, 0.25) is 0 Å². The van der Waals surface area contributed by atoms with E-state index in [0.29, 0.717) is 19.6 Å². The van der Waals surface area contributed by atoms with Crippen LogP contribution < -0.4 is 5.11 Å². The number of likely N-dealkylation sites (tertiary alicyclic amines) is 1. The van der Waals surface area contributed by atoms with Crippen LogP contribution in [0.5, 0.6) is 0 Å². The van der Waals surface area contributed by atoms with Crippen LogP contribution in [0.2, 0.25) is 0 Å². The first-order chi connectivity index (χ1) is 13.1. The number of hydrogen-bond donors (Lipinski definition) is 0. The number of nitrogens with zero attached hydrogens (tertiary/aromatic N) is 1. The van der Waals surface area contributed by atoms with Crippen LogP contribution in [0.1, 0.15) is 23.5 Å². The molecule has 0 bridgehead atoms. The van der Waals surface area contributed by atoms with Gasteiger partial charge in [-0.15, -0.1) is 0 Å². The van der Waals surface area contributed by atoms with Gasteiger partial charge in [0.1, 0.15) is 17.5 Å². The van der Waals surface area contributed by atoms with Crippen LogP contribution in [-0.2, 0) is 11.3 Å². The minimum atomic E-state index is -1.19. The van der Waals surface area contributed by atoms with Crippen LogP contribution in [-0.4, -0.2) is 30.2 Å². The summed E-state index contributed by atoms with van der Waals surface area (Å²) < 4.78 is 24.7. The number of carbonyl (C=O) groups excluding carboxylic acids is 1. The van der Waals surface area contributed by atoms with Crippen molar-refractivity contribution in [3.63, 3.8) is 0 Å². The fraction of sp³-hybridized carbons (Fsp3) is 0.286. The standard InChI is InChI=1S/C21H20FNO4/c22-17-4-2-15(3-5-17)18-7-9-23(21(24)25)12-20(18)27-13-14-1-6-19-16(11-14)8-10-26-19/h1-6,8,10-11,18,20H,7,9,12-13H2,(H,24,25)/p-1. The molecular formula is C21H19FNO4-. The number of piperidine rings is 1. The number of benzene rings is 2. The van der Waals surface area contributed by atoms with E-state index >= 15 is 0 Å². The Balaban J connectivity index is 1.52. The molecule has 6 heteroatoms. The van der Waals surface area contributed by atoms with E-state index in [-0.39, 0.29) is 24.4 Å². The summed E-state index contributed by atoms with van der Waals surface area (Å²) in [6, 6.07) is 14.0. The summed E-state index contributed by atoms with van der Waals surface area (Å²) in [7, 11) is 0. The topological polar surface area (TPSA) is 65.7 Å². The molecule has 2 heterocycles. The lowest BCUT2D eigenvalue weighted by Gasteiger charge is -2.40. The first kappa shape index (κ1) is 17.5. The molecule has 0 radical (unpaired) electrons. The summed E-state index contributed by atoms with van der Waals surface area (Å²) in [5.74, 6) is -0.296. The molecule has 1 fully saturated rings. The Labute approximate surface area is 156 Å². The van der Waals surface area contributed by atoms with Gasteiger partial charge < -0.3 is 24.0 Å². The molecule has 2 atom stereocenters. The minimum absolute atomic E-state index is 0.00106. The third-order valence-electron chi connectivity index (χ3n) is 5.10. The van der Waals surface area contributed by atoms with E-state index in [1.807, 2.05) is 24.3 Å². The smallest absolute Gasteiger partial charge is 0.137 e. The van der Waals surface area contributed by atoms with Crippen LogP contribution in [0, 0.1) is 5.82 Å². The average Bonchev–Trinajstić information content (AvgIpc) is 3.14. The Kier molecular flexibility index (Phi) is 4.81. The Hall–Kier alpha value is -2.86. The lowest BCUT2D eigenvalue weighted by Crippen LogP contribution is -2.51. The second-order valence-electron chi connectivity index (χ2n) is 6.80. The van der Waals surface area contributed by atoms with Gasteiger partial charge >= 0.3 is 0 Å². The van der Waals surface area contributed by atoms with Crippen molar-refractivity contribution in [1.82, 2.24) is 4.90 Å². The Morgan fingerprint density at radius 2 is 2.04 bits per heavy atom. The van der Waals surface area contributed by atoms with E-state index in [1.165, 1.54) is 17.0 Å². The molecule has 140 valence electrons. The molecule has 0 saturated carbocycles. The fourth-order valence-corrected chi connectivity index (χ4v) is 3.65. The summed E-state index contributed by atoms with van der Waals surface area (Å²) in [5.41, 5.74) is 2.74. The molecule has 4 rings (SSSR count). The van der Waals surface area contributed by atoms with E-state index < -0.39 is 6.09 Å². The zero-order valence-electron chi connectivity index (χ0n) is 14.6. The Morgan fingerprint density at radius 3 is 2.81 bits per heavy atom. The highest BCUT2D eigenvalue weighted by molar-refractivity contribution is 5.77. The monoisotopic (exact) mass is 368 g/mol. The summed E-state index contributed by atoms with van der Waals surface area (Å²) in [4.78, 5) is 12.5. The minimum Gasteiger partial charge on any atom is -0.530 e. The molecule has 0 spiro atoms. The maximum absolute atomic E-state index is 13.3. The molecule has 1 aliphatic heterocycles. The number of amides is 1. The molecule has 0 aliphatic carbocycles. The quantitative estimate of drug-likeness (QED) is 0.709. The van der Waals surface area contributed by atoms with Crippen molar-refractivity contribution in [2.24, 2.45) is 0 Å². The molecule has 1 aliphatic rings. The predicted molar refractivity (Wildman–Crippen MR) is 95.5 cm³/mol. The maximum atomic E-state index is 13.3. The molecule has 2 unspecified atom stereocenters. The van der Waals surface area contributed by atoms with Gasteiger partial charge in [0.25, 0.3) is 0 Å². The third-order valence-corrected chi connectivity index (χ3v) is 5.10. The molecule has 1 aromatic heterocycles. The number of carbonyl (C=O) groups is 1. The third kappa shape index (κ3) is 3.80. The van der Waals surface area contributed by atoms with Gasteiger partial charge in [-0.2, -0.15) is 0 Å². The number of hydrogen-bond acceptors (Lipinski definition) is 4. The van der Waals surface area contributed by atoms with Gasteiger partial charge in [-0.1, -0.05) is 18.2 Å². The second kappa shape index (κ2) is 7.40. The zero-order valence-corrected chi connectivity index (χ0v) is 14.6. The molecule has 3 aromatic rings. The number of halogens is 1. The van der Waals surface area contributed by atoms with Crippen LogP contribution in [0.25, 0.3) is 11.0 Å². The predicted octanol–water partition coefficient (Wildman–Crippen LogP) is 3.29. The summed E-state index contributed by atoms with van der Waals surface area (Å²) in [6.07, 6.45) is 0.715. The first-order valence-corrected chi connectivity index (χ1v) is 8.89. The van der Waals surface area contributed by atoms with Crippen molar-refractivity contribution in [2.45, 2.75) is 25.0 Å². The van der Waals surface area contributed by atoms with Gasteiger partial charge in [-0.05, 0) is 47.9 Å². The normalized spacial score (nSPS) is 20.1. The largest absolute Gasteiger partial charge is 0.530 e. The Bertz CT molecular complexity index is 937. The highest BCUT2D eigenvalue weighted by atomic mass is 19.1. The highest BCUT2D eigenvalue weighted by Crippen LogP contribution is 2.31. The number of fused-ring (bicyclic) bond motifs is 1. The SMILES string of the molecule is O=C([O-])N1CCC(c2ccc(F)cc2)C(OCc2ccc3occc3c2)C1. The van der Waals surface area contributed by atoms with Gasteiger partial charge in [0.05, 0.1) is 19.0 Å². The van der Waals surface area contributed by atoms with Gasteiger partial charge in [-0.25, -0.2) is 4.39 Å². The molecule has 5 nitrogen and oxygen atoms in total. The van der Waals surface area contributed by atoms with Crippen molar-refractivity contribution in [2.75, 3.05) is 13.1 Å². The van der Waals surface area contributed by atoms with E-state index in [9.17, 15) is 14.3 Å². The van der Waals surface area contributed by atoms with E-state index in [2.05, 4.69) is 0 Å². The van der Waals surface area contributed by atoms with Crippen molar-refractivity contribution >= 4 is 17.1 Å². The van der Waals surface area contributed by atoms with Gasteiger partial charge in [0, 0.05) is 24.4 Å². The first-order valence-electron chi connectivity index (χ1n) is 8.89. The number of carboxylic acid groups (broad SMARTS) is 1. The van der Waals surface area contributed by atoms with Crippen LogP contribution >= 0.6 is 0 Å². The maximum Gasteiger partial charge on any atom is 0.137 e. The number of furan rings is 1. The lowest BCUT2D eigenvalue weighted by atomic mass is 9.87. The zero-order chi connectivity index (χ0) is 18.8. The average molecular weight is 368 g/mol. The van der Waals surface area contributed by atoms with Gasteiger partial charge in [-0.3, -0.25) is 0 Å². The van der Waals surface area contributed by atoms with Crippen molar-refractivity contribution in [1.29, 1.82) is 0 Å². The molecule has 1 saturated heterocycles. The lowest BCUT2D eigenvalue weighted by molar-refractivity contribution is -0.268. The van der Waals surface area contributed by atoms with Crippen LogP contribution in [0.4, 0.5) is 9.18 Å². The van der Waals surface area contributed by atoms with E-state index in [4.69, 9.17) is 9.15 Å². The van der Waals surface area contributed by atoms with Crippen LogP contribution in [0.15, 0.2) is 59.2 Å². The molecular weight excluding hydrogens is 349 g/mol. The van der Waals surface area contributed by atoms with E-state index in [0.717, 1.165) is 22.1 Å². The number of rotatable bonds is 4. The molecule has 1 amide bonds. The number of ether oxygens (including phenoxy) is 1. The highest BCUT2D eigenvalue weighted by Gasteiger charge is 2.31. The second-order valence-corrected chi connectivity index (χ2v) is 6.80. The van der Waals surface area contributed by atoms with Crippen LogP contribution in [0.3, 0.4) is 0 Å². The van der Waals surface area contributed by atoms with Crippen molar-refractivity contribution < 1.29 is 23.4 Å². The van der Waals surface area contributed by atoms with Crippen molar-refractivity contribution in [3.8, 4) is 0 Å². The Morgan fingerprint density at radius 1 is 1.22 bits per heavy atom. The fourth-order valence-electron chi connectivity index (χ4n) is 3.65. The molecule has 27 heavy (non-hydrogen) atoms. The van der Waals surface area contributed by atoms with Gasteiger partial charge in [0.15, 0.2) is 0 Å². The summed E-state index contributed by atoms with van der Waals surface area (Å²) >= 11 is 0. The molecule has 2 aromatic carbocycles. The van der Waals surface area contributed by atoms with Crippen molar-refractivity contribution in [3.05, 3.63) is 71.7 Å². The summed E-state index contributed by atoms with van der Waals surface area (Å²) in [5, 5.41) is 12.3.